The first-order valence-electron chi connectivity index (χ1n) is 9.63. The molecule has 1 heterocycles. The van der Waals surface area contributed by atoms with E-state index in [4.69, 9.17) is 7.98 Å². The quantitative estimate of drug-likeness (QED) is 0.346. The van der Waals surface area contributed by atoms with Crippen molar-refractivity contribution in [3.63, 3.8) is 0 Å². The van der Waals surface area contributed by atoms with E-state index < -0.39 is 20.6 Å². The first-order chi connectivity index (χ1) is 14.8. The molecule has 2 N–H and O–H groups in total. The molecule has 0 amide bonds. The molecule has 0 spiro atoms. The lowest BCUT2D eigenvalue weighted by atomic mass is 9.99. The average molecular weight is 454 g/mol. The maximum absolute atomic E-state index is 12.5. The zero-order valence-corrected chi connectivity index (χ0v) is 19.2. The van der Waals surface area contributed by atoms with E-state index in [2.05, 4.69) is 10.2 Å². The van der Waals surface area contributed by atoms with Crippen molar-refractivity contribution in [1.82, 2.24) is 9.38 Å². The van der Waals surface area contributed by atoms with Gasteiger partial charge in [-0.05, 0) is 56.5 Å². The van der Waals surface area contributed by atoms with Gasteiger partial charge in [-0.15, -0.1) is 10.2 Å². The van der Waals surface area contributed by atoms with Crippen LogP contribution < -0.4 is 5.56 Å². The third-order valence-electron chi connectivity index (χ3n) is 5.31. The molecule has 1 aromatic heterocycles. The van der Waals surface area contributed by atoms with Crippen LogP contribution in [0.5, 0.6) is 5.88 Å². The summed E-state index contributed by atoms with van der Waals surface area (Å²) >= 11 is 0. The Labute approximate surface area is 187 Å². The third-order valence-corrected chi connectivity index (χ3v) is 6.25. The molecule has 3 rings (SSSR count). The van der Waals surface area contributed by atoms with Gasteiger partial charge in [-0.2, -0.15) is 8.42 Å². The van der Waals surface area contributed by atoms with Crippen molar-refractivity contribution < 1.29 is 18.1 Å². The SMILES string of the molecule is [B]N(C)Cc1cc(C)cc2c(S(=O)(=O)O)c(N=Nc3c(C)c(C)c(O)n(C)c3=O)ccc12. The van der Waals surface area contributed by atoms with Gasteiger partial charge in [0.1, 0.15) is 10.6 Å². The molecule has 0 unspecified atom stereocenters. The lowest BCUT2D eigenvalue weighted by molar-refractivity contribution is 0.418. The molecular formula is C21H23BN4O5S. The van der Waals surface area contributed by atoms with E-state index >= 15 is 0 Å². The Hall–Kier alpha value is -3.02. The van der Waals surface area contributed by atoms with Crippen LogP contribution in [-0.2, 0) is 23.7 Å². The maximum Gasteiger partial charge on any atom is 0.297 e. The van der Waals surface area contributed by atoms with Crippen molar-refractivity contribution >= 4 is 40.2 Å². The molecule has 32 heavy (non-hydrogen) atoms. The highest BCUT2D eigenvalue weighted by Gasteiger charge is 2.22. The lowest BCUT2D eigenvalue weighted by Crippen LogP contribution is -2.18. The number of fused-ring (bicyclic) bond motifs is 1. The van der Waals surface area contributed by atoms with E-state index in [0.717, 1.165) is 15.7 Å². The molecule has 0 saturated carbocycles. The largest absolute Gasteiger partial charge is 0.494 e. The zero-order chi connectivity index (χ0) is 24.0. The van der Waals surface area contributed by atoms with Crippen molar-refractivity contribution in [2.24, 2.45) is 17.3 Å². The molecule has 166 valence electrons. The third kappa shape index (κ3) is 4.31. The van der Waals surface area contributed by atoms with E-state index in [9.17, 15) is 22.9 Å². The summed E-state index contributed by atoms with van der Waals surface area (Å²) in [5, 5.41) is 18.9. The van der Waals surface area contributed by atoms with Crippen LogP contribution in [0.15, 0.2) is 44.2 Å². The predicted octanol–water partition coefficient (Wildman–Crippen LogP) is 3.35. The van der Waals surface area contributed by atoms with Crippen molar-refractivity contribution in [1.29, 1.82) is 0 Å². The molecule has 0 aliphatic rings. The minimum absolute atomic E-state index is 0.0427. The van der Waals surface area contributed by atoms with E-state index in [-0.39, 0.29) is 22.6 Å². The molecular weight excluding hydrogens is 431 g/mol. The molecule has 0 saturated heterocycles. The minimum atomic E-state index is -4.69. The molecule has 2 radical (unpaired) electrons. The van der Waals surface area contributed by atoms with Gasteiger partial charge in [0.05, 0.1) is 0 Å². The van der Waals surface area contributed by atoms with Gasteiger partial charge in [0.25, 0.3) is 15.7 Å². The fourth-order valence-corrected chi connectivity index (χ4v) is 4.44. The summed E-state index contributed by atoms with van der Waals surface area (Å²) in [6, 6.07) is 6.60. The maximum atomic E-state index is 12.5. The predicted molar refractivity (Wildman–Crippen MR) is 123 cm³/mol. The van der Waals surface area contributed by atoms with E-state index in [1.54, 1.807) is 40.0 Å². The number of nitrogens with zero attached hydrogens (tertiary/aromatic N) is 4. The van der Waals surface area contributed by atoms with Crippen LogP contribution in [0.4, 0.5) is 11.4 Å². The minimum Gasteiger partial charge on any atom is -0.494 e. The van der Waals surface area contributed by atoms with Crippen molar-refractivity contribution in [2.45, 2.75) is 32.2 Å². The average Bonchev–Trinajstić information content (AvgIpc) is 2.68. The summed E-state index contributed by atoms with van der Waals surface area (Å²) < 4.78 is 35.7. The van der Waals surface area contributed by atoms with E-state index in [1.807, 2.05) is 6.07 Å². The smallest absolute Gasteiger partial charge is 0.297 e. The summed E-state index contributed by atoms with van der Waals surface area (Å²) in [5.41, 5.74) is 1.65. The number of aryl methyl sites for hydroxylation is 1. The second-order valence-corrected chi connectivity index (χ2v) is 9.17. The molecule has 0 bridgehead atoms. The molecule has 9 nitrogen and oxygen atoms in total. The number of azo groups is 1. The van der Waals surface area contributed by atoms with E-state index in [0.29, 0.717) is 23.1 Å². The van der Waals surface area contributed by atoms with Crippen molar-refractivity contribution in [3.05, 3.63) is 56.9 Å². The summed E-state index contributed by atoms with van der Waals surface area (Å²) in [5.74, 6) is -0.191. The normalized spacial score (nSPS) is 12.3. The highest BCUT2D eigenvalue weighted by molar-refractivity contribution is 7.86. The number of hydrogen-bond donors (Lipinski definition) is 2. The monoisotopic (exact) mass is 454 g/mol. The molecule has 0 atom stereocenters. The highest BCUT2D eigenvalue weighted by Crippen LogP contribution is 2.36. The summed E-state index contributed by atoms with van der Waals surface area (Å²) in [4.78, 5) is 13.6. The Kier molecular flexibility index (Phi) is 6.27. The Balaban J connectivity index is 2.31. The number of aromatic nitrogens is 1. The number of hydrogen-bond acceptors (Lipinski definition) is 7. The molecule has 3 aromatic rings. The van der Waals surface area contributed by atoms with Gasteiger partial charge < -0.3 is 9.92 Å². The first kappa shape index (κ1) is 23.6. The summed E-state index contributed by atoms with van der Waals surface area (Å²) in [6.45, 7) is 5.38. The second kappa shape index (κ2) is 8.49. The Bertz CT molecular complexity index is 1430. The van der Waals surface area contributed by atoms with Gasteiger partial charge in [0, 0.05) is 24.5 Å². The van der Waals surface area contributed by atoms with Crippen LogP contribution in [0.2, 0.25) is 0 Å². The van der Waals surface area contributed by atoms with E-state index in [1.165, 1.54) is 17.9 Å². The summed E-state index contributed by atoms with van der Waals surface area (Å²) in [6.07, 6.45) is 0. The molecule has 0 fully saturated rings. The topological polar surface area (TPSA) is 125 Å². The number of aromatic hydroxyl groups is 1. The number of benzene rings is 2. The lowest BCUT2D eigenvalue weighted by Gasteiger charge is -2.16. The zero-order valence-electron chi connectivity index (χ0n) is 18.4. The Morgan fingerprint density at radius 3 is 2.34 bits per heavy atom. The van der Waals surface area contributed by atoms with Crippen LogP contribution in [-0.4, -0.2) is 42.5 Å². The Morgan fingerprint density at radius 1 is 1.09 bits per heavy atom. The summed E-state index contributed by atoms with van der Waals surface area (Å²) in [7, 11) is 4.16. The second-order valence-electron chi connectivity index (χ2n) is 7.81. The van der Waals surface area contributed by atoms with Crippen LogP contribution in [0.25, 0.3) is 10.8 Å². The van der Waals surface area contributed by atoms with Crippen LogP contribution >= 0.6 is 0 Å². The van der Waals surface area contributed by atoms with Crippen LogP contribution in [0.3, 0.4) is 0 Å². The Morgan fingerprint density at radius 2 is 1.75 bits per heavy atom. The fourth-order valence-electron chi connectivity index (χ4n) is 3.62. The van der Waals surface area contributed by atoms with Crippen molar-refractivity contribution in [3.8, 4) is 5.88 Å². The van der Waals surface area contributed by atoms with Gasteiger partial charge in [-0.25, -0.2) is 0 Å². The number of pyridine rings is 1. The van der Waals surface area contributed by atoms with Gasteiger partial charge in [-0.3, -0.25) is 13.9 Å². The molecule has 0 aliphatic carbocycles. The first-order valence-corrected chi connectivity index (χ1v) is 11.1. The molecule has 0 aliphatic heterocycles. The van der Waals surface area contributed by atoms with Gasteiger partial charge in [-0.1, -0.05) is 17.7 Å². The van der Waals surface area contributed by atoms with Gasteiger partial charge in [0.15, 0.2) is 19.5 Å². The molecule has 11 heteroatoms. The van der Waals surface area contributed by atoms with Crippen LogP contribution in [0.1, 0.15) is 22.3 Å². The van der Waals surface area contributed by atoms with Crippen LogP contribution in [0, 0.1) is 20.8 Å². The van der Waals surface area contributed by atoms with Gasteiger partial charge >= 0.3 is 0 Å². The molecule has 2 aromatic carbocycles. The van der Waals surface area contributed by atoms with Crippen molar-refractivity contribution in [2.75, 3.05) is 7.05 Å². The van der Waals surface area contributed by atoms with Gasteiger partial charge in [0.2, 0.25) is 0 Å². The number of rotatable bonds is 5. The standard InChI is InChI=1S/C21H23BN4O5S/c1-11-8-14(10-25(4)22)15-6-7-17(19(16(15)9-11)32(29,30)31)23-24-18-12(2)13(3)20(27)26(5)21(18)28/h6-9,27H,10H2,1-5H3,(H,29,30,31). The fraction of sp³-hybridized carbons (Fsp3) is 0.286. The highest BCUT2D eigenvalue weighted by atomic mass is 32.2.